The van der Waals surface area contributed by atoms with Crippen molar-refractivity contribution in [3.63, 3.8) is 0 Å². The van der Waals surface area contributed by atoms with E-state index < -0.39 is 0 Å². The van der Waals surface area contributed by atoms with Crippen molar-refractivity contribution in [3.05, 3.63) is 170 Å². The van der Waals surface area contributed by atoms with E-state index in [1.165, 1.54) is 49.4 Å². The van der Waals surface area contributed by atoms with E-state index in [0.29, 0.717) is 0 Å². The lowest BCUT2D eigenvalue weighted by atomic mass is 9.84. The summed E-state index contributed by atoms with van der Waals surface area (Å²) < 4.78 is 13.2. The molecule has 8 aromatic carbocycles. The predicted octanol–water partition coefficient (Wildman–Crippen LogP) is 13.3. The average molecular weight is 613 g/mol. The molecule has 0 unspecified atom stereocenters. The summed E-state index contributed by atoms with van der Waals surface area (Å²) in [5.74, 6) is 0.822. The first-order valence-corrected chi connectivity index (χ1v) is 16.3. The molecule has 2 nitrogen and oxygen atoms in total. The van der Waals surface area contributed by atoms with Gasteiger partial charge in [0.05, 0.1) is 0 Å². The highest BCUT2D eigenvalue weighted by atomic mass is 16.4. The van der Waals surface area contributed by atoms with Crippen LogP contribution in [0.4, 0.5) is 0 Å². The minimum absolute atomic E-state index is 0.769. The van der Waals surface area contributed by atoms with Crippen LogP contribution in [0.2, 0.25) is 0 Å². The van der Waals surface area contributed by atoms with Gasteiger partial charge in [-0.15, -0.1) is 0 Å². The maximum Gasteiger partial charge on any atom is 0.178 e. The molecule has 0 N–H and O–H groups in total. The smallest absolute Gasteiger partial charge is 0.178 e. The third-order valence-corrected chi connectivity index (χ3v) is 9.67. The number of rotatable bonds is 4. The summed E-state index contributed by atoms with van der Waals surface area (Å²) in [6.07, 6.45) is 0. The van der Waals surface area contributed by atoms with Crippen LogP contribution in [0.5, 0.6) is 0 Å². The van der Waals surface area contributed by atoms with E-state index in [4.69, 9.17) is 8.83 Å². The Morgan fingerprint density at radius 1 is 0.292 bits per heavy atom. The van der Waals surface area contributed by atoms with Crippen molar-refractivity contribution in [2.24, 2.45) is 0 Å². The summed E-state index contributed by atoms with van der Waals surface area (Å²) in [6.45, 7) is 0. The number of benzene rings is 8. The standard InChI is InChI=1S/C46H28O2/c1-3-14-29(15-4-1)31-18-13-19-32(26-31)43-34-21-7-9-23-36(34)44(37-24-10-8-22-35(37)43)38-27-39-33-20-11-12-25-41(33)47-45(39)46-40(38)28-42(48-46)30-16-5-2-6-17-30/h1-28H. The molecule has 10 aromatic rings. The molecule has 2 heteroatoms. The normalized spacial score (nSPS) is 11.8. The van der Waals surface area contributed by atoms with E-state index in [1.807, 2.05) is 30.3 Å². The molecule has 0 saturated carbocycles. The van der Waals surface area contributed by atoms with Crippen LogP contribution in [0.25, 0.3) is 99.2 Å². The lowest BCUT2D eigenvalue weighted by Gasteiger charge is -2.18. The molecular formula is C46H28O2. The van der Waals surface area contributed by atoms with Crippen LogP contribution in [-0.4, -0.2) is 0 Å². The van der Waals surface area contributed by atoms with Crippen molar-refractivity contribution in [3.8, 4) is 44.7 Å². The van der Waals surface area contributed by atoms with E-state index in [0.717, 1.165) is 49.8 Å². The molecule has 0 saturated heterocycles. The fourth-order valence-electron chi connectivity index (χ4n) is 7.53. The average Bonchev–Trinajstić information content (AvgIpc) is 3.77. The second-order valence-corrected chi connectivity index (χ2v) is 12.4. The molecule has 224 valence electrons. The van der Waals surface area contributed by atoms with Crippen LogP contribution in [0.15, 0.2) is 179 Å². The molecule has 0 spiro atoms. The van der Waals surface area contributed by atoms with Gasteiger partial charge in [-0.2, -0.15) is 0 Å². The van der Waals surface area contributed by atoms with E-state index >= 15 is 0 Å². The van der Waals surface area contributed by atoms with Crippen LogP contribution < -0.4 is 0 Å². The summed E-state index contributed by atoms with van der Waals surface area (Å²) >= 11 is 0. The van der Waals surface area contributed by atoms with Crippen molar-refractivity contribution >= 4 is 54.5 Å². The van der Waals surface area contributed by atoms with Gasteiger partial charge in [-0.3, -0.25) is 0 Å². The van der Waals surface area contributed by atoms with Crippen LogP contribution in [0.3, 0.4) is 0 Å². The minimum Gasteiger partial charge on any atom is -0.452 e. The Morgan fingerprint density at radius 3 is 1.50 bits per heavy atom. The first kappa shape index (κ1) is 26.8. The number of fused-ring (bicyclic) bond motifs is 7. The molecule has 2 aromatic heterocycles. The van der Waals surface area contributed by atoms with Crippen molar-refractivity contribution < 1.29 is 8.83 Å². The summed E-state index contributed by atoms with van der Waals surface area (Å²) in [4.78, 5) is 0. The highest BCUT2D eigenvalue weighted by Gasteiger charge is 2.23. The highest BCUT2D eigenvalue weighted by Crippen LogP contribution is 2.49. The van der Waals surface area contributed by atoms with Crippen LogP contribution in [0, 0.1) is 0 Å². The molecular weight excluding hydrogens is 585 g/mol. The Labute approximate surface area is 277 Å². The van der Waals surface area contributed by atoms with Gasteiger partial charge < -0.3 is 8.83 Å². The SMILES string of the molecule is c1ccc(-c2cccc(-c3c4ccccc4c(-c4cc5c6ccccc6oc5c5oc(-c6ccccc6)cc45)c4ccccc34)c2)cc1. The zero-order valence-electron chi connectivity index (χ0n) is 26.0. The Kier molecular flexibility index (Phi) is 5.91. The summed E-state index contributed by atoms with van der Waals surface area (Å²) in [5, 5.41) is 8.00. The van der Waals surface area contributed by atoms with E-state index in [-0.39, 0.29) is 0 Å². The van der Waals surface area contributed by atoms with E-state index in [9.17, 15) is 0 Å². The van der Waals surface area contributed by atoms with Crippen molar-refractivity contribution in [1.29, 1.82) is 0 Å². The first-order chi connectivity index (χ1) is 23.8. The molecule has 0 radical (unpaired) electrons. The van der Waals surface area contributed by atoms with Gasteiger partial charge in [0, 0.05) is 21.7 Å². The van der Waals surface area contributed by atoms with Crippen LogP contribution >= 0.6 is 0 Å². The number of furan rings is 2. The molecule has 0 aliphatic heterocycles. The number of hydrogen-bond acceptors (Lipinski definition) is 2. The van der Waals surface area contributed by atoms with Gasteiger partial charge in [0.25, 0.3) is 0 Å². The Bertz CT molecular complexity index is 2760. The zero-order chi connectivity index (χ0) is 31.6. The lowest BCUT2D eigenvalue weighted by molar-refractivity contribution is 0.611. The van der Waals surface area contributed by atoms with Crippen molar-refractivity contribution in [1.82, 2.24) is 0 Å². The maximum atomic E-state index is 6.74. The van der Waals surface area contributed by atoms with E-state index in [2.05, 4.69) is 140 Å². The largest absolute Gasteiger partial charge is 0.452 e. The fraction of sp³-hybridized carbons (Fsp3) is 0. The lowest BCUT2D eigenvalue weighted by Crippen LogP contribution is -1.91. The predicted molar refractivity (Wildman–Crippen MR) is 200 cm³/mol. The molecule has 0 aliphatic carbocycles. The molecule has 0 atom stereocenters. The minimum atomic E-state index is 0.769. The Morgan fingerprint density at radius 2 is 0.812 bits per heavy atom. The third kappa shape index (κ3) is 4.06. The first-order valence-electron chi connectivity index (χ1n) is 16.3. The summed E-state index contributed by atoms with van der Waals surface area (Å²) in [5.41, 5.74) is 10.6. The Balaban J connectivity index is 1.33. The van der Waals surface area contributed by atoms with Gasteiger partial charge in [-0.25, -0.2) is 0 Å². The second kappa shape index (κ2) is 10.6. The van der Waals surface area contributed by atoms with Gasteiger partial charge in [-0.1, -0.05) is 146 Å². The van der Waals surface area contributed by atoms with Gasteiger partial charge in [0.2, 0.25) is 0 Å². The third-order valence-electron chi connectivity index (χ3n) is 9.67. The molecule has 0 amide bonds. The van der Waals surface area contributed by atoms with Crippen molar-refractivity contribution in [2.45, 2.75) is 0 Å². The van der Waals surface area contributed by atoms with Crippen LogP contribution in [0.1, 0.15) is 0 Å². The van der Waals surface area contributed by atoms with Gasteiger partial charge in [0.15, 0.2) is 11.2 Å². The van der Waals surface area contributed by atoms with Gasteiger partial charge in [-0.05, 0) is 79.2 Å². The molecule has 2 heterocycles. The Hall–Kier alpha value is -6.38. The van der Waals surface area contributed by atoms with E-state index in [1.54, 1.807) is 0 Å². The quantitative estimate of drug-likeness (QED) is 0.185. The highest BCUT2D eigenvalue weighted by molar-refractivity contribution is 6.26. The molecule has 0 aliphatic rings. The van der Waals surface area contributed by atoms with Gasteiger partial charge in [0.1, 0.15) is 11.3 Å². The number of hydrogen-bond donors (Lipinski definition) is 0. The fourth-order valence-corrected chi connectivity index (χ4v) is 7.53. The zero-order valence-corrected chi connectivity index (χ0v) is 26.0. The summed E-state index contributed by atoms with van der Waals surface area (Å²) in [6, 6.07) is 60.3. The van der Waals surface area contributed by atoms with Crippen LogP contribution in [-0.2, 0) is 0 Å². The second-order valence-electron chi connectivity index (χ2n) is 12.4. The topological polar surface area (TPSA) is 26.3 Å². The number of para-hydroxylation sites is 1. The monoisotopic (exact) mass is 612 g/mol. The maximum absolute atomic E-state index is 6.74. The molecule has 48 heavy (non-hydrogen) atoms. The molecule has 0 bridgehead atoms. The summed E-state index contributed by atoms with van der Waals surface area (Å²) in [7, 11) is 0. The molecule has 10 rings (SSSR count). The molecule has 0 fully saturated rings. The van der Waals surface area contributed by atoms with Gasteiger partial charge >= 0.3 is 0 Å². The van der Waals surface area contributed by atoms with Crippen molar-refractivity contribution in [2.75, 3.05) is 0 Å².